The van der Waals surface area contributed by atoms with Gasteiger partial charge in [0, 0.05) is 12.8 Å². The van der Waals surface area contributed by atoms with Gasteiger partial charge in [0.25, 0.3) is 0 Å². The van der Waals surface area contributed by atoms with Crippen LogP contribution in [0.5, 0.6) is 0 Å². The lowest BCUT2D eigenvalue weighted by Crippen LogP contribution is -2.25. The second-order valence-corrected chi connectivity index (χ2v) is 3.91. The summed E-state index contributed by atoms with van der Waals surface area (Å²) in [6.07, 6.45) is 2.69. The molecule has 0 aromatic heterocycles. The SMILES string of the molecule is C=CN(CC(C)C)C(/N=C(\C)N)=C(\N)C=N. The van der Waals surface area contributed by atoms with E-state index in [9.17, 15) is 0 Å². The normalized spacial score (nSPS) is 13.4. The van der Waals surface area contributed by atoms with Crippen molar-refractivity contribution in [3.63, 3.8) is 0 Å². The number of rotatable bonds is 6. The molecule has 0 rings (SSSR count). The first-order valence-corrected chi connectivity index (χ1v) is 5.12. The number of hydrogen-bond donors (Lipinski definition) is 3. The Labute approximate surface area is 97.0 Å². The molecular formula is C11H21N5. The van der Waals surface area contributed by atoms with Crippen LogP contribution in [0.15, 0.2) is 29.3 Å². The molecule has 0 saturated heterocycles. The Morgan fingerprint density at radius 3 is 2.38 bits per heavy atom. The van der Waals surface area contributed by atoms with E-state index in [1.807, 2.05) is 0 Å². The van der Waals surface area contributed by atoms with Crippen LogP contribution in [-0.4, -0.2) is 23.5 Å². The van der Waals surface area contributed by atoms with Gasteiger partial charge in [0.15, 0.2) is 5.82 Å². The molecule has 0 aliphatic heterocycles. The van der Waals surface area contributed by atoms with E-state index in [1.54, 1.807) is 18.0 Å². The lowest BCUT2D eigenvalue weighted by molar-refractivity contribution is 0.392. The number of allylic oxidation sites excluding steroid dienone is 1. The first-order valence-electron chi connectivity index (χ1n) is 5.12. The fraction of sp³-hybridized carbons (Fsp3) is 0.455. The van der Waals surface area contributed by atoms with Gasteiger partial charge in [0.05, 0.1) is 11.5 Å². The van der Waals surface area contributed by atoms with Crippen molar-refractivity contribution in [2.75, 3.05) is 6.54 Å². The van der Waals surface area contributed by atoms with Crippen molar-refractivity contribution >= 4 is 12.1 Å². The molecule has 0 heterocycles. The second-order valence-electron chi connectivity index (χ2n) is 3.91. The highest BCUT2D eigenvalue weighted by Crippen LogP contribution is 2.11. The van der Waals surface area contributed by atoms with Gasteiger partial charge in [-0.15, -0.1) is 0 Å². The van der Waals surface area contributed by atoms with Crippen molar-refractivity contribution in [3.8, 4) is 0 Å². The average Bonchev–Trinajstić information content (AvgIpc) is 2.21. The van der Waals surface area contributed by atoms with Crippen LogP contribution < -0.4 is 11.5 Å². The third-order valence-corrected chi connectivity index (χ3v) is 1.75. The standard InChI is InChI=1S/C11H21N5/c1-5-16(7-8(2)3)11(10(14)6-12)15-9(4)13/h5-6,8,12H,1,7,14H2,2-4H3,(H2,13,15)/b11-10-,12-6?. The average molecular weight is 223 g/mol. The molecule has 5 N–H and O–H groups in total. The fourth-order valence-corrected chi connectivity index (χ4v) is 1.17. The van der Waals surface area contributed by atoms with E-state index in [0.29, 0.717) is 17.6 Å². The fourth-order valence-electron chi connectivity index (χ4n) is 1.17. The van der Waals surface area contributed by atoms with Gasteiger partial charge < -0.3 is 21.8 Å². The van der Waals surface area contributed by atoms with Crippen LogP contribution >= 0.6 is 0 Å². The zero-order chi connectivity index (χ0) is 12.7. The summed E-state index contributed by atoms with van der Waals surface area (Å²) >= 11 is 0. The molecule has 0 unspecified atom stereocenters. The van der Waals surface area contributed by atoms with Crippen molar-refractivity contribution in [3.05, 3.63) is 24.3 Å². The first-order chi connectivity index (χ1) is 7.42. The van der Waals surface area contributed by atoms with Crippen LogP contribution in [0.25, 0.3) is 0 Å². The molecule has 0 bridgehead atoms. The molecule has 5 nitrogen and oxygen atoms in total. The van der Waals surface area contributed by atoms with Gasteiger partial charge in [-0.25, -0.2) is 4.99 Å². The summed E-state index contributed by atoms with van der Waals surface area (Å²) < 4.78 is 0. The summed E-state index contributed by atoms with van der Waals surface area (Å²) in [6, 6.07) is 0. The van der Waals surface area contributed by atoms with Crippen LogP contribution in [0.3, 0.4) is 0 Å². The molecule has 0 amide bonds. The van der Waals surface area contributed by atoms with Crippen molar-refractivity contribution in [1.82, 2.24) is 4.90 Å². The Hall–Kier alpha value is -1.78. The van der Waals surface area contributed by atoms with E-state index in [4.69, 9.17) is 16.9 Å². The lowest BCUT2D eigenvalue weighted by atomic mass is 10.2. The molecule has 0 radical (unpaired) electrons. The Balaban J connectivity index is 5.23. The number of amidine groups is 1. The number of nitrogens with two attached hydrogens (primary N) is 2. The highest BCUT2D eigenvalue weighted by atomic mass is 15.2. The van der Waals surface area contributed by atoms with Crippen LogP contribution in [0.1, 0.15) is 20.8 Å². The quantitative estimate of drug-likeness (QED) is 0.467. The van der Waals surface area contributed by atoms with Gasteiger partial charge in [0.2, 0.25) is 0 Å². The molecule has 0 fully saturated rings. The van der Waals surface area contributed by atoms with Crippen LogP contribution in [0.4, 0.5) is 0 Å². The van der Waals surface area contributed by atoms with Crippen LogP contribution in [0.2, 0.25) is 0 Å². The van der Waals surface area contributed by atoms with E-state index in [1.165, 1.54) is 0 Å². The molecule has 0 aliphatic rings. The van der Waals surface area contributed by atoms with E-state index in [0.717, 1.165) is 12.8 Å². The highest BCUT2D eigenvalue weighted by molar-refractivity contribution is 5.81. The summed E-state index contributed by atoms with van der Waals surface area (Å²) in [5, 5.41) is 7.16. The molecule has 0 aromatic rings. The summed E-state index contributed by atoms with van der Waals surface area (Å²) in [4.78, 5) is 5.92. The first kappa shape index (κ1) is 14.2. The van der Waals surface area contributed by atoms with Crippen LogP contribution in [-0.2, 0) is 0 Å². The molecule has 0 atom stereocenters. The summed E-state index contributed by atoms with van der Waals surface area (Å²) in [5.74, 6) is 1.30. The number of nitrogens with zero attached hydrogens (tertiary/aromatic N) is 2. The van der Waals surface area contributed by atoms with Gasteiger partial charge >= 0.3 is 0 Å². The van der Waals surface area contributed by atoms with Gasteiger partial charge in [-0.05, 0) is 19.0 Å². The van der Waals surface area contributed by atoms with Crippen molar-refractivity contribution in [1.29, 1.82) is 5.41 Å². The lowest BCUT2D eigenvalue weighted by Gasteiger charge is -2.23. The minimum atomic E-state index is 0.269. The summed E-state index contributed by atoms with van der Waals surface area (Å²) in [5.41, 5.74) is 11.5. The summed E-state index contributed by atoms with van der Waals surface area (Å²) in [6.45, 7) is 10.3. The van der Waals surface area contributed by atoms with E-state index in [-0.39, 0.29) is 5.70 Å². The topological polar surface area (TPSA) is 91.5 Å². The molecule has 16 heavy (non-hydrogen) atoms. The van der Waals surface area contributed by atoms with Crippen LogP contribution in [0, 0.1) is 11.3 Å². The number of aliphatic imine (C=N–C) groups is 1. The maximum Gasteiger partial charge on any atom is 0.159 e. The largest absolute Gasteiger partial charge is 0.394 e. The Bertz CT molecular complexity index is 310. The maximum atomic E-state index is 7.16. The second kappa shape index (κ2) is 6.66. The van der Waals surface area contributed by atoms with Crippen molar-refractivity contribution in [2.45, 2.75) is 20.8 Å². The number of nitrogens with one attached hydrogen (secondary N) is 1. The van der Waals surface area contributed by atoms with Crippen molar-refractivity contribution in [2.24, 2.45) is 22.4 Å². The minimum Gasteiger partial charge on any atom is -0.394 e. The van der Waals surface area contributed by atoms with Gasteiger partial charge in [-0.2, -0.15) is 0 Å². The highest BCUT2D eigenvalue weighted by Gasteiger charge is 2.10. The zero-order valence-electron chi connectivity index (χ0n) is 10.2. The predicted molar refractivity (Wildman–Crippen MR) is 69.0 cm³/mol. The molecule has 5 heteroatoms. The Kier molecular flexibility index (Phi) is 5.92. The molecule has 0 saturated carbocycles. The zero-order valence-corrected chi connectivity index (χ0v) is 10.2. The summed E-state index contributed by atoms with van der Waals surface area (Å²) in [7, 11) is 0. The Morgan fingerprint density at radius 1 is 1.50 bits per heavy atom. The molecule has 0 spiro atoms. The van der Waals surface area contributed by atoms with E-state index in [2.05, 4.69) is 25.4 Å². The maximum absolute atomic E-state index is 7.16. The number of hydrogen-bond acceptors (Lipinski definition) is 4. The molecular weight excluding hydrogens is 202 g/mol. The van der Waals surface area contributed by atoms with Gasteiger partial charge in [-0.3, -0.25) is 0 Å². The molecule has 0 aromatic carbocycles. The van der Waals surface area contributed by atoms with Crippen molar-refractivity contribution < 1.29 is 0 Å². The molecule has 0 aliphatic carbocycles. The van der Waals surface area contributed by atoms with E-state index >= 15 is 0 Å². The molecule has 90 valence electrons. The smallest absolute Gasteiger partial charge is 0.159 e. The monoisotopic (exact) mass is 223 g/mol. The van der Waals surface area contributed by atoms with E-state index < -0.39 is 0 Å². The van der Waals surface area contributed by atoms with Gasteiger partial charge in [0.1, 0.15) is 0 Å². The third-order valence-electron chi connectivity index (χ3n) is 1.75. The Morgan fingerprint density at radius 2 is 2.06 bits per heavy atom. The minimum absolute atomic E-state index is 0.269. The predicted octanol–water partition coefficient (Wildman–Crippen LogP) is 1.24. The van der Waals surface area contributed by atoms with Gasteiger partial charge in [-0.1, -0.05) is 20.4 Å². The third kappa shape index (κ3) is 4.63.